The number of amides is 1. The first kappa shape index (κ1) is 30.8. The van der Waals surface area contributed by atoms with E-state index in [0.717, 1.165) is 6.07 Å². The fourth-order valence-electron chi connectivity index (χ4n) is 6.46. The lowest BCUT2D eigenvalue weighted by Gasteiger charge is -2.41. The third kappa shape index (κ3) is 5.07. The highest BCUT2D eigenvalue weighted by atomic mass is 31.0. The lowest BCUT2D eigenvalue weighted by Crippen LogP contribution is -2.54. The van der Waals surface area contributed by atoms with Gasteiger partial charge in [-0.3, -0.25) is 14.3 Å². The molecule has 0 radical (unpaired) electrons. The van der Waals surface area contributed by atoms with Gasteiger partial charge in [0.25, 0.3) is 0 Å². The normalized spacial score (nSPS) is 16.4. The van der Waals surface area contributed by atoms with Crippen LogP contribution in [0.3, 0.4) is 0 Å². The van der Waals surface area contributed by atoms with E-state index in [2.05, 4.69) is 25.8 Å². The van der Waals surface area contributed by atoms with Gasteiger partial charge in [-0.1, -0.05) is 38.6 Å². The van der Waals surface area contributed by atoms with E-state index in [1.165, 1.54) is 10.6 Å². The van der Waals surface area contributed by atoms with Crippen LogP contribution in [0.5, 0.6) is 5.75 Å². The number of hydrogen-bond acceptors (Lipinski definition) is 6. The van der Waals surface area contributed by atoms with Crippen molar-refractivity contribution < 1.29 is 22.7 Å². The Balaban J connectivity index is 1.77. The molecular weight excluding hydrogens is 602 g/mol. The molecule has 2 aromatic heterocycles. The highest BCUT2D eigenvalue weighted by molar-refractivity contribution is 7.28. The van der Waals surface area contributed by atoms with E-state index in [1.54, 1.807) is 40.3 Å². The molecule has 1 fully saturated rings. The quantitative estimate of drug-likeness (QED) is 0.217. The molecule has 45 heavy (non-hydrogen) atoms. The molecule has 2 aliphatic rings. The Bertz CT molecular complexity index is 1940. The van der Waals surface area contributed by atoms with Crippen molar-refractivity contribution in [3.05, 3.63) is 82.1 Å². The molecule has 1 saturated heterocycles. The van der Waals surface area contributed by atoms with Crippen LogP contribution in [0.15, 0.2) is 54.0 Å². The summed E-state index contributed by atoms with van der Waals surface area (Å²) in [6.45, 7) is 12.0. The Labute approximate surface area is 260 Å². The van der Waals surface area contributed by atoms with Crippen LogP contribution in [-0.2, 0) is 17.6 Å². The van der Waals surface area contributed by atoms with Gasteiger partial charge in [-0.15, -0.1) is 9.24 Å². The van der Waals surface area contributed by atoms with Gasteiger partial charge < -0.3 is 14.5 Å². The fourth-order valence-corrected chi connectivity index (χ4v) is 6.90. The number of piperazine rings is 1. The Kier molecular flexibility index (Phi) is 7.72. The van der Waals surface area contributed by atoms with Crippen LogP contribution in [0.2, 0.25) is 0 Å². The molecule has 0 N–H and O–H groups in total. The Morgan fingerprint density at radius 3 is 2.62 bits per heavy atom. The molecule has 0 spiro atoms. The van der Waals surface area contributed by atoms with Crippen molar-refractivity contribution in [2.45, 2.75) is 52.4 Å². The van der Waals surface area contributed by atoms with Crippen LogP contribution in [0.1, 0.15) is 49.1 Å². The lowest BCUT2D eigenvalue weighted by molar-refractivity contribution is -0.137. The second-order valence-electron chi connectivity index (χ2n) is 11.8. The Morgan fingerprint density at radius 1 is 1.20 bits per heavy atom. The summed E-state index contributed by atoms with van der Waals surface area (Å²) in [4.78, 5) is 39.1. The number of ether oxygens (including phenoxy) is 1. The van der Waals surface area contributed by atoms with E-state index in [-0.39, 0.29) is 72.1 Å². The lowest BCUT2D eigenvalue weighted by atomic mass is 9.90. The molecule has 6 rings (SSSR count). The molecule has 1 amide bonds. The standard InChI is InChI=1S/C33H33F3N5O3P/c1-6-24(42)39-12-13-40(19(5)15-39)31-21-14-22(33(34,35)36)26-25-20(8-7-9-23(25)45)16-44-30(26)29(21)41(32(43)38-31)28-18(4)10-11-37-27(28)17(2)3/h6-11,14,17,19H,1,12-13,15-16,45H2,2-5H3/t19-/m0/s1. The molecule has 8 nitrogen and oxygen atoms in total. The molecule has 4 aromatic rings. The topological polar surface area (TPSA) is 80.6 Å². The van der Waals surface area contributed by atoms with Gasteiger partial charge in [0.15, 0.2) is 5.75 Å². The monoisotopic (exact) mass is 635 g/mol. The number of pyridine rings is 1. The molecule has 234 valence electrons. The van der Waals surface area contributed by atoms with E-state index in [9.17, 15) is 9.59 Å². The van der Waals surface area contributed by atoms with E-state index in [0.29, 0.717) is 33.4 Å². The molecule has 4 heterocycles. The zero-order valence-electron chi connectivity index (χ0n) is 25.4. The van der Waals surface area contributed by atoms with Gasteiger partial charge in [-0.2, -0.15) is 18.2 Å². The Hall–Kier alpha value is -4.24. The number of fused-ring (bicyclic) bond motifs is 5. The predicted octanol–water partition coefficient (Wildman–Crippen LogP) is 5.51. The first-order valence-corrected chi connectivity index (χ1v) is 15.3. The maximum atomic E-state index is 15.1. The Morgan fingerprint density at radius 2 is 1.96 bits per heavy atom. The molecule has 2 aromatic carbocycles. The first-order chi connectivity index (χ1) is 21.3. The third-order valence-corrected chi connectivity index (χ3v) is 9.01. The summed E-state index contributed by atoms with van der Waals surface area (Å²) in [6.07, 6.45) is -1.87. The number of anilines is 1. The summed E-state index contributed by atoms with van der Waals surface area (Å²) in [5.41, 5.74) is 1.34. The summed E-state index contributed by atoms with van der Waals surface area (Å²) in [5, 5.41) is 0.709. The van der Waals surface area contributed by atoms with Crippen LogP contribution >= 0.6 is 9.24 Å². The van der Waals surface area contributed by atoms with Crippen LogP contribution in [0.4, 0.5) is 19.0 Å². The minimum absolute atomic E-state index is 0.0225. The first-order valence-electron chi connectivity index (χ1n) is 14.7. The maximum absolute atomic E-state index is 15.1. The minimum Gasteiger partial charge on any atom is -0.486 e. The summed E-state index contributed by atoms with van der Waals surface area (Å²) in [7, 11) is 2.53. The maximum Gasteiger partial charge on any atom is 0.417 e. The number of carbonyl (C=O) groups is 1. The van der Waals surface area contributed by atoms with Gasteiger partial charge in [0.1, 0.15) is 17.9 Å². The van der Waals surface area contributed by atoms with Crippen LogP contribution in [0.25, 0.3) is 27.7 Å². The average Bonchev–Trinajstić information content (AvgIpc) is 2.99. The van der Waals surface area contributed by atoms with Crippen molar-refractivity contribution in [3.8, 4) is 22.6 Å². The SMILES string of the molecule is C=CC(=O)N1CCN(c2nc(=O)n(-c3c(C)ccnc3C(C)C)c3c4c(c(C(F)(F)F)cc23)-c2c(P)cccc2CO4)[C@@H](C)C1. The number of alkyl halides is 3. The second-order valence-corrected chi connectivity index (χ2v) is 12.4. The van der Waals surface area contributed by atoms with Gasteiger partial charge >= 0.3 is 11.9 Å². The van der Waals surface area contributed by atoms with Gasteiger partial charge in [0, 0.05) is 42.8 Å². The van der Waals surface area contributed by atoms with E-state index < -0.39 is 17.4 Å². The molecule has 2 atom stereocenters. The summed E-state index contributed by atoms with van der Waals surface area (Å²) in [5.74, 6) is -0.271. The number of nitrogens with zero attached hydrogens (tertiary/aromatic N) is 5. The molecule has 0 bridgehead atoms. The molecule has 0 saturated carbocycles. The number of halogens is 3. The zero-order valence-corrected chi connectivity index (χ0v) is 26.6. The van der Waals surface area contributed by atoms with E-state index >= 15 is 13.2 Å². The molecule has 1 unspecified atom stereocenters. The molecular formula is C33H33F3N5O3P. The molecule has 0 aliphatic carbocycles. The van der Waals surface area contributed by atoms with Crippen molar-refractivity contribution in [1.29, 1.82) is 0 Å². The van der Waals surface area contributed by atoms with Crippen molar-refractivity contribution >= 4 is 37.2 Å². The van der Waals surface area contributed by atoms with E-state index in [4.69, 9.17) is 4.74 Å². The predicted molar refractivity (Wildman–Crippen MR) is 172 cm³/mol. The number of aryl methyl sites for hydroxylation is 1. The largest absolute Gasteiger partial charge is 0.486 e. The highest BCUT2D eigenvalue weighted by Crippen LogP contribution is 2.51. The fraction of sp³-hybridized carbons (Fsp3) is 0.333. The minimum atomic E-state index is -4.75. The van der Waals surface area contributed by atoms with Gasteiger partial charge in [-0.05, 0) is 60.0 Å². The summed E-state index contributed by atoms with van der Waals surface area (Å²) in [6, 6.07) is 7.76. The average molecular weight is 636 g/mol. The number of aromatic nitrogens is 3. The van der Waals surface area contributed by atoms with Crippen molar-refractivity contribution in [2.24, 2.45) is 0 Å². The van der Waals surface area contributed by atoms with Crippen molar-refractivity contribution in [2.75, 3.05) is 24.5 Å². The second kappa shape index (κ2) is 11.3. The van der Waals surface area contributed by atoms with Crippen LogP contribution < -0.4 is 20.6 Å². The van der Waals surface area contributed by atoms with Crippen molar-refractivity contribution in [3.63, 3.8) is 0 Å². The molecule has 12 heteroatoms. The van der Waals surface area contributed by atoms with Gasteiger partial charge in [0.05, 0.1) is 16.9 Å². The zero-order chi connectivity index (χ0) is 32.4. The highest BCUT2D eigenvalue weighted by Gasteiger charge is 2.41. The summed E-state index contributed by atoms with van der Waals surface area (Å²) >= 11 is 0. The number of carbonyl (C=O) groups excluding carboxylic acids is 1. The third-order valence-electron chi connectivity index (χ3n) is 8.53. The van der Waals surface area contributed by atoms with Crippen LogP contribution in [0, 0.1) is 6.92 Å². The van der Waals surface area contributed by atoms with Gasteiger partial charge in [0.2, 0.25) is 5.91 Å². The summed E-state index contributed by atoms with van der Waals surface area (Å²) < 4.78 is 52.8. The molecule has 2 aliphatic heterocycles. The smallest absolute Gasteiger partial charge is 0.417 e. The van der Waals surface area contributed by atoms with E-state index in [1.807, 2.05) is 27.7 Å². The van der Waals surface area contributed by atoms with Crippen molar-refractivity contribution in [1.82, 2.24) is 19.4 Å². The van der Waals surface area contributed by atoms with Gasteiger partial charge in [-0.25, -0.2) is 4.79 Å². The number of rotatable bonds is 4. The number of benzene rings is 2. The number of hydrogen-bond donors (Lipinski definition) is 0. The van der Waals surface area contributed by atoms with Crippen LogP contribution in [-0.4, -0.2) is 51.0 Å².